The van der Waals surface area contributed by atoms with Crippen molar-refractivity contribution in [2.45, 2.75) is 30.7 Å². The number of aromatic nitrogens is 2. The maximum Gasteiger partial charge on any atom is 0.319 e. The number of carbonyl (C=O) groups excluding carboxylic acids is 1. The number of carbonyl (C=O) groups is 1. The molecular formula is C12H12N2O3S2. The number of nitrogens with one attached hydrogen (secondary N) is 1. The minimum absolute atomic E-state index is 0.138. The topological polar surface area (TPSA) is 72.0 Å². The summed E-state index contributed by atoms with van der Waals surface area (Å²) in [7, 11) is 0. The van der Waals surface area contributed by atoms with Crippen LogP contribution in [0.15, 0.2) is 9.95 Å². The minimum Gasteiger partial charge on any atom is -0.465 e. The Kier molecular flexibility index (Phi) is 3.10. The highest BCUT2D eigenvalue weighted by atomic mass is 32.2. The fourth-order valence-electron chi connectivity index (χ4n) is 2.01. The number of thiophene rings is 1. The van der Waals surface area contributed by atoms with Crippen LogP contribution in [-0.2, 0) is 9.53 Å². The summed E-state index contributed by atoms with van der Waals surface area (Å²) in [5.74, 6) is -0.230. The maximum absolute atomic E-state index is 12.1. The van der Waals surface area contributed by atoms with Crippen LogP contribution in [0.3, 0.4) is 0 Å². The molecule has 0 amide bonds. The van der Waals surface area contributed by atoms with Gasteiger partial charge in [-0.2, -0.15) is 0 Å². The van der Waals surface area contributed by atoms with Crippen LogP contribution in [-0.4, -0.2) is 27.8 Å². The quantitative estimate of drug-likeness (QED) is 0.678. The van der Waals surface area contributed by atoms with E-state index >= 15 is 0 Å². The molecule has 1 N–H and O–H groups in total. The highest BCUT2D eigenvalue weighted by molar-refractivity contribution is 8.00. The third kappa shape index (κ3) is 2.17. The van der Waals surface area contributed by atoms with Crippen molar-refractivity contribution >= 4 is 39.3 Å². The van der Waals surface area contributed by atoms with Gasteiger partial charge in [0.25, 0.3) is 5.56 Å². The van der Waals surface area contributed by atoms with Gasteiger partial charge in [0.2, 0.25) is 0 Å². The van der Waals surface area contributed by atoms with Gasteiger partial charge in [-0.15, -0.1) is 11.3 Å². The van der Waals surface area contributed by atoms with Crippen molar-refractivity contribution in [2.75, 3.05) is 6.61 Å². The Balaban J connectivity index is 2.01. The van der Waals surface area contributed by atoms with Crippen LogP contribution < -0.4 is 5.56 Å². The van der Waals surface area contributed by atoms with Crippen molar-refractivity contribution < 1.29 is 9.53 Å². The molecule has 1 aliphatic rings. The second-order valence-corrected chi connectivity index (χ2v) is 6.79. The summed E-state index contributed by atoms with van der Waals surface area (Å²) in [5, 5.41) is 0.881. The number of aromatic amines is 1. The first-order chi connectivity index (χ1) is 9.06. The predicted molar refractivity (Wildman–Crippen MR) is 74.9 cm³/mol. The molecule has 7 heteroatoms. The molecular weight excluding hydrogens is 284 g/mol. The number of nitrogens with zero attached hydrogens (tertiary/aromatic N) is 1. The van der Waals surface area contributed by atoms with Crippen molar-refractivity contribution in [3.8, 4) is 0 Å². The molecule has 1 aliphatic heterocycles. The van der Waals surface area contributed by atoms with Crippen molar-refractivity contribution in [2.24, 2.45) is 0 Å². The highest BCUT2D eigenvalue weighted by Crippen LogP contribution is 2.30. The summed E-state index contributed by atoms with van der Waals surface area (Å²) in [6, 6.07) is 0. The zero-order valence-electron chi connectivity index (χ0n) is 10.5. The van der Waals surface area contributed by atoms with Gasteiger partial charge >= 0.3 is 5.97 Å². The molecule has 0 spiro atoms. The normalized spacial score (nSPS) is 19.1. The molecule has 3 heterocycles. The fraction of sp³-hybridized carbons (Fsp3) is 0.417. The average Bonchev–Trinajstić information content (AvgIpc) is 2.85. The molecule has 1 fully saturated rings. The van der Waals surface area contributed by atoms with Gasteiger partial charge in [-0.3, -0.25) is 9.59 Å². The minimum atomic E-state index is -0.261. The van der Waals surface area contributed by atoms with Gasteiger partial charge in [0.05, 0.1) is 12.0 Å². The largest absolute Gasteiger partial charge is 0.465 e. The molecule has 0 aromatic carbocycles. The van der Waals surface area contributed by atoms with E-state index in [-0.39, 0.29) is 16.8 Å². The number of rotatable bonds is 2. The summed E-state index contributed by atoms with van der Waals surface area (Å²) in [4.78, 5) is 32.5. The first kappa shape index (κ1) is 12.7. The van der Waals surface area contributed by atoms with E-state index in [1.54, 1.807) is 0 Å². The molecule has 0 aliphatic carbocycles. The molecule has 0 saturated carbocycles. The van der Waals surface area contributed by atoms with Gasteiger partial charge in [0, 0.05) is 11.3 Å². The summed E-state index contributed by atoms with van der Waals surface area (Å²) < 4.78 is 4.90. The van der Waals surface area contributed by atoms with Crippen LogP contribution in [0.2, 0.25) is 0 Å². The lowest BCUT2D eigenvalue weighted by molar-refractivity contribution is -0.137. The first-order valence-electron chi connectivity index (χ1n) is 5.89. The highest BCUT2D eigenvalue weighted by Gasteiger charge is 2.28. The monoisotopic (exact) mass is 296 g/mol. The fourth-order valence-corrected chi connectivity index (χ4v) is 4.04. The summed E-state index contributed by atoms with van der Waals surface area (Å²) >= 11 is 2.77. The molecule has 2 aromatic heterocycles. The Labute approximate surface area is 117 Å². The van der Waals surface area contributed by atoms with E-state index in [1.807, 2.05) is 13.8 Å². The smallest absolute Gasteiger partial charge is 0.319 e. The van der Waals surface area contributed by atoms with Gasteiger partial charge in [0.15, 0.2) is 5.16 Å². The van der Waals surface area contributed by atoms with Crippen LogP contribution in [0.1, 0.15) is 16.9 Å². The van der Waals surface area contributed by atoms with Gasteiger partial charge in [-0.25, -0.2) is 4.98 Å². The second-order valence-electron chi connectivity index (χ2n) is 4.40. The number of hydrogen-bond donors (Lipinski definition) is 1. The molecule has 19 heavy (non-hydrogen) atoms. The van der Waals surface area contributed by atoms with Crippen molar-refractivity contribution in [3.05, 3.63) is 20.8 Å². The molecule has 0 unspecified atom stereocenters. The number of ether oxygens (including phenoxy) is 1. The lowest BCUT2D eigenvalue weighted by Crippen LogP contribution is -2.13. The maximum atomic E-state index is 12.1. The average molecular weight is 296 g/mol. The first-order valence-corrected chi connectivity index (χ1v) is 7.59. The van der Waals surface area contributed by atoms with E-state index in [9.17, 15) is 9.59 Å². The SMILES string of the molecule is Cc1sc2nc(S[C@H]3CCOC3=O)[nH]c(=O)c2c1C. The van der Waals surface area contributed by atoms with E-state index < -0.39 is 0 Å². The van der Waals surface area contributed by atoms with E-state index in [4.69, 9.17) is 4.74 Å². The summed E-state index contributed by atoms with van der Waals surface area (Å²) in [5.41, 5.74) is 0.839. The molecule has 1 saturated heterocycles. The zero-order valence-corrected chi connectivity index (χ0v) is 12.1. The molecule has 0 radical (unpaired) electrons. The number of hydrogen-bond acceptors (Lipinski definition) is 6. The Hall–Kier alpha value is -1.34. The zero-order chi connectivity index (χ0) is 13.6. The van der Waals surface area contributed by atoms with E-state index in [1.165, 1.54) is 23.1 Å². The second kappa shape index (κ2) is 4.64. The standard InChI is InChI=1S/C12H12N2O3S2/c1-5-6(2)18-10-8(5)9(15)13-12(14-10)19-7-3-4-17-11(7)16/h7H,3-4H2,1-2H3,(H,13,14,15)/t7-/m0/s1. The number of aryl methyl sites for hydroxylation is 2. The van der Waals surface area contributed by atoms with Crippen LogP contribution >= 0.6 is 23.1 Å². The molecule has 2 aromatic rings. The lowest BCUT2D eigenvalue weighted by Gasteiger charge is -2.04. The van der Waals surface area contributed by atoms with Gasteiger partial charge in [-0.05, 0) is 19.4 Å². The Morgan fingerprint density at radius 3 is 2.89 bits per heavy atom. The summed E-state index contributed by atoms with van der Waals surface area (Å²) in [6.45, 7) is 4.34. The van der Waals surface area contributed by atoms with Crippen molar-refractivity contribution in [1.29, 1.82) is 0 Å². The van der Waals surface area contributed by atoms with Crippen LogP contribution in [0.25, 0.3) is 10.2 Å². The number of cyclic esters (lactones) is 1. The van der Waals surface area contributed by atoms with Crippen LogP contribution in [0.4, 0.5) is 0 Å². The molecule has 3 rings (SSSR count). The van der Waals surface area contributed by atoms with Gasteiger partial charge < -0.3 is 9.72 Å². The van der Waals surface area contributed by atoms with Gasteiger partial charge in [-0.1, -0.05) is 11.8 Å². The molecule has 1 atom stereocenters. The third-order valence-electron chi connectivity index (χ3n) is 3.16. The van der Waals surface area contributed by atoms with Gasteiger partial charge in [0.1, 0.15) is 10.1 Å². The van der Waals surface area contributed by atoms with E-state index in [0.29, 0.717) is 23.6 Å². The lowest BCUT2D eigenvalue weighted by atomic mass is 10.2. The predicted octanol–water partition coefficient (Wildman–Crippen LogP) is 2.01. The van der Waals surface area contributed by atoms with Crippen LogP contribution in [0, 0.1) is 13.8 Å². The Bertz CT molecular complexity index is 720. The van der Waals surface area contributed by atoms with E-state index in [2.05, 4.69) is 9.97 Å². The number of H-pyrrole nitrogens is 1. The van der Waals surface area contributed by atoms with Crippen molar-refractivity contribution in [3.63, 3.8) is 0 Å². The Morgan fingerprint density at radius 1 is 1.42 bits per heavy atom. The van der Waals surface area contributed by atoms with E-state index in [0.717, 1.165) is 15.3 Å². The molecule has 5 nitrogen and oxygen atoms in total. The van der Waals surface area contributed by atoms with Crippen molar-refractivity contribution in [1.82, 2.24) is 9.97 Å². The number of thioether (sulfide) groups is 1. The van der Waals surface area contributed by atoms with Crippen LogP contribution in [0.5, 0.6) is 0 Å². The number of fused-ring (bicyclic) bond motifs is 1. The third-order valence-corrected chi connectivity index (χ3v) is 5.39. The Morgan fingerprint density at radius 2 is 2.21 bits per heavy atom. The molecule has 0 bridgehead atoms. The number of esters is 1. The molecule has 100 valence electrons. The summed E-state index contributed by atoms with van der Waals surface area (Å²) in [6.07, 6.45) is 0.660.